The van der Waals surface area contributed by atoms with Gasteiger partial charge in [-0.3, -0.25) is 5.43 Å². The first-order valence-electron chi connectivity index (χ1n) is 5.51. The van der Waals surface area contributed by atoms with E-state index < -0.39 is 0 Å². The van der Waals surface area contributed by atoms with Gasteiger partial charge in [-0.05, 0) is 17.7 Å². The normalized spacial score (nSPS) is 11.2. The second kappa shape index (κ2) is 5.03. The van der Waals surface area contributed by atoms with Gasteiger partial charge in [0.2, 0.25) is 0 Å². The highest BCUT2D eigenvalue weighted by Crippen LogP contribution is 2.14. The zero-order valence-electron chi connectivity index (χ0n) is 9.71. The van der Waals surface area contributed by atoms with Crippen molar-refractivity contribution in [3.05, 3.63) is 47.5 Å². The summed E-state index contributed by atoms with van der Waals surface area (Å²) in [4.78, 5) is 15.1. The number of hydrogen-bond donors (Lipinski definition) is 2. The number of aromatic amines is 1. The summed E-state index contributed by atoms with van der Waals surface area (Å²) in [6.45, 7) is 0. The number of fused-ring (bicyclic) bond motifs is 1. The summed E-state index contributed by atoms with van der Waals surface area (Å²) in [7, 11) is 0. The Labute approximate surface area is 113 Å². The number of hydrogen-bond acceptors (Lipinski definition) is 5. The molecule has 0 radical (unpaired) electrons. The number of hydrazone groups is 1. The largest absolute Gasteiger partial charge is 0.340 e. The van der Waals surface area contributed by atoms with E-state index in [-0.39, 0.29) is 0 Å². The van der Waals surface area contributed by atoms with Gasteiger partial charge in [-0.2, -0.15) is 5.10 Å². The number of aromatic nitrogens is 4. The van der Waals surface area contributed by atoms with Crippen molar-refractivity contribution in [2.75, 3.05) is 5.43 Å². The second-order valence-electron chi connectivity index (χ2n) is 3.75. The Morgan fingerprint density at radius 3 is 3.11 bits per heavy atom. The fraction of sp³-hybridized carbons (Fsp3) is 0. The lowest BCUT2D eigenvalue weighted by Gasteiger charge is -1.99. The first kappa shape index (κ1) is 11.6. The lowest BCUT2D eigenvalue weighted by Crippen LogP contribution is -1.95. The lowest BCUT2D eigenvalue weighted by molar-refractivity contribution is 1.17. The number of nitrogens with one attached hydrogen (secondary N) is 2. The molecule has 0 fully saturated rings. The molecule has 0 unspecified atom stereocenters. The average Bonchev–Trinajstić information content (AvgIpc) is 2.88. The molecule has 3 aromatic rings. The van der Waals surface area contributed by atoms with Crippen LogP contribution in [0.3, 0.4) is 0 Å². The zero-order chi connectivity index (χ0) is 13.1. The Morgan fingerprint density at radius 1 is 1.26 bits per heavy atom. The van der Waals surface area contributed by atoms with Crippen LogP contribution in [0, 0.1) is 0 Å². The molecule has 0 amide bonds. The molecule has 0 atom stereocenters. The van der Waals surface area contributed by atoms with E-state index in [9.17, 15) is 0 Å². The van der Waals surface area contributed by atoms with Crippen molar-refractivity contribution >= 4 is 34.8 Å². The van der Waals surface area contributed by atoms with Gasteiger partial charge >= 0.3 is 0 Å². The van der Waals surface area contributed by atoms with Gasteiger partial charge in [-0.25, -0.2) is 15.0 Å². The second-order valence-corrected chi connectivity index (χ2v) is 4.18. The molecule has 0 aliphatic carbocycles. The van der Waals surface area contributed by atoms with E-state index in [0.29, 0.717) is 22.0 Å². The monoisotopic (exact) mass is 272 g/mol. The summed E-state index contributed by atoms with van der Waals surface area (Å²) in [5, 5.41) is 4.78. The molecule has 19 heavy (non-hydrogen) atoms. The minimum Gasteiger partial charge on any atom is -0.340 e. The Kier molecular flexibility index (Phi) is 3.07. The smallest absolute Gasteiger partial charge is 0.182 e. The molecule has 0 aliphatic rings. The molecular formula is C12H9ClN6. The van der Waals surface area contributed by atoms with E-state index in [2.05, 4.69) is 30.5 Å². The van der Waals surface area contributed by atoms with Crippen molar-refractivity contribution in [3.63, 3.8) is 0 Å². The quantitative estimate of drug-likeness (QED) is 0.567. The molecule has 6 nitrogen and oxygen atoms in total. The van der Waals surface area contributed by atoms with Crippen molar-refractivity contribution in [1.82, 2.24) is 19.9 Å². The van der Waals surface area contributed by atoms with Crippen molar-refractivity contribution in [2.45, 2.75) is 0 Å². The summed E-state index contributed by atoms with van der Waals surface area (Å²) in [5.41, 5.74) is 5.05. The lowest BCUT2D eigenvalue weighted by atomic mass is 10.2. The Balaban J connectivity index is 1.81. The number of imidazole rings is 1. The number of anilines is 1. The van der Waals surface area contributed by atoms with Crippen LogP contribution in [0.5, 0.6) is 0 Å². The van der Waals surface area contributed by atoms with Crippen molar-refractivity contribution in [3.8, 4) is 0 Å². The van der Waals surface area contributed by atoms with Crippen LogP contribution in [-0.4, -0.2) is 26.2 Å². The molecule has 2 heterocycles. The van der Waals surface area contributed by atoms with E-state index in [1.165, 1.54) is 6.33 Å². The number of rotatable bonds is 3. The summed E-state index contributed by atoms with van der Waals surface area (Å²) in [5.74, 6) is 0.570. The van der Waals surface area contributed by atoms with Crippen molar-refractivity contribution in [2.24, 2.45) is 5.10 Å². The average molecular weight is 273 g/mol. The van der Waals surface area contributed by atoms with E-state index in [0.717, 1.165) is 5.56 Å². The van der Waals surface area contributed by atoms with Gasteiger partial charge in [0.25, 0.3) is 0 Å². The predicted octanol–water partition coefficient (Wildman–Crippen LogP) is 2.45. The maximum Gasteiger partial charge on any atom is 0.182 e. The van der Waals surface area contributed by atoms with Gasteiger partial charge in [0.1, 0.15) is 11.8 Å². The molecular weight excluding hydrogens is 264 g/mol. The third kappa shape index (κ3) is 2.53. The minimum atomic E-state index is 0.570. The summed E-state index contributed by atoms with van der Waals surface area (Å²) >= 11 is 5.89. The number of benzene rings is 1. The molecule has 94 valence electrons. The van der Waals surface area contributed by atoms with E-state index in [4.69, 9.17) is 11.6 Å². The Bertz CT molecular complexity index is 736. The van der Waals surface area contributed by atoms with Crippen LogP contribution < -0.4 is 5.43 Å². The maximum absolute atomic E-state index is 5.89. The highest BCUT2D eigenvalue weighted by molar-refractivity contribution is 6.30. The van der Waals surface area contributed by atoms with Crippen LogP contribution in [0.15, 0.2) is 42.0 Å². The Hall–Kier alpha value is -2.47. The van der Waals surface area contributed by atoms with Gasteiger partial charge in [0.05, 0.1) is 12.5 Å². The first-order chi connectivity index (χ1) is 9.33. The van der Waals surface area contributed by atoms with E-state index >= 15 is 0 Å². The maximum atomic E-state index is 5.89. The molecule has 3 rings (SSSR count). The minimum absolute atomic E-state index is 0.570. The summed E-state index contributed by atoms with van der Waals surface area (Å²) in [6, 6.07) is 7.40. The van der Waals surface area contributed by atoms with Crippen LogP contribution in [-0.2, 0) is 0 Å². The molecule has 2 N–H and O–H groups in total. The van der Waals surface area contributed by atoms with Gasteiger partial charge in [-0.15, -0.1) is 0 Å². The first-order valence-corrected chi connectivity index (χ1v) is 5.89. The SMILES string of the molecule is Clc1cccc(/C=N\Nc2ncnc3nc[nH]c23)c1. The summed E-state index contributed by atoms with van der Waals surface area (Å²) < 4.78 is 0. The van der Waals surface area contributed by atoms with Gasteiger partial charge in [-0.1, -0.05) is 23.7 Å². The van der Waals surface area contributed by atoms with Crippen LogP contribution in [0.25, 0.3) is 11.2 Å². The van der Waals surface area contributed by atoms with Crippen molar-refractivity contribution < 1.29 is 0 Å². The third-order valence-electron chi connectivity index (χ3n) is 2.46. The van der Waals surface area contributed by atoms with Crippen molar-refractivity contribution in [1.29, 1.82) is 0 Å². The topological polar surface area (TPSA) is 78.8 Å². The number of nitrogens with zero attached hydrogens (tertiary/aromatic N) is 4. The van der Waals surface area contributed by atoms with E-state index in [1.807, 2.05) is 24.3 Å². The van der Waals surface area contributed by atoms with Crippen LogP contribution in [0.1, 0.15) is 5.56 Å². The molecule has 7 heteroatoms. The van der Waals surface area contributed by atoms with Crippen LogP contribution >= 0.6 is 11.6 Å². The van der Waals surface area contributed by atoms with Gasteiger partial charge in [0.15, 0.2) is 11.5 Å². The molecule has 1 aromatic carbocycles. The molecule has 0 spiro atoms. The zero-order valence-corrected chi connectivity index (χ0v) is 10.5. The van der Waals surface area contributed by atoms with Gasteiger partial charge in [0, 0.05) is 5.02 Å². The fourth-order valence-electron chi connectivity index (χ4n) is 1.60. The van der Waals surface area contributed by atoms with Crippen LogP contribution in [0.2, 0.25) is 5.02 Å². The highest BCUT2D eigenvalue weighted by atomic mass is 35.5. The predicted molar refractivity (Wildman–Crippen MR) is 74.4 cm³/mol. The molecule has 0 saturated heterocycles. The third-order valence-corrected chi connectivity index (χ3v) is 2.69. The van der Waals surface area contributed by atoms with Gasteiger partial charge < -0.3 is 4.98 Å². The number of halogens is 1. The molecule has 2 aromatic heterocycles. The molecule has 0 saturated carbocycles. The summed E-state index contributed by atoms with van der Waals surface area (Å²) in [6.07, 6.45) is 4.65. The molecule has 0 aliphatic heterocycles. The fourth-order valence-corrected chi connectivity index (χ4v) is 1.80. The van der Waals surface area contributed by atoms with E-state index in [1.54, 1.807) is 12.5 Å². The Morgan fingerprint density at radius 2 is 2.21 bits per heavy atom. The molecule has 0 bridgehead atoms. The number of H-pyrrole nitrogens is 1. The standard InChI is InChI=1S/C12H9ClN6/c13-9-3-1-2-8(4-9)5-18-19-12-10-11(15-6-14-10)16-7-17-12/h1-7H,(H2,14,15,16,17,19)/b18-5-. The highest BCUT2D eigenvalue weighted by Gasteiger charge is 2.03. The van der Waals surface area contributed by atoms with Crippen LogP contribution in [0.4, 0.5) is 5.82 Å².